The molecule has 0 unspecified atom stereocenters. The van der Waals surface area contributed by atoms with Gasteiger partial charge in [0.15, 0.2) is 6.61 Å². The molecule has 3 aromatic rings. The van der Waals surface area contributed by atoms with E-state index < -0.39 is 6.04 Å². The zero-order chi connectivity index (χ0) is 25.9. The van der Waals surface area contributed by atoms with Crippen LogP contribution in [0.1, 0.15) is 47.6 Å². The number of aryl methyl sites for hydroxylation is 3. The topological polar surface area (TPSA) is 58.6 Å². The SMILES string of the molecule is CCCCNC(=O)[C@@H](Cc1ccccc1)N(Cc1ccc(C)cc1)C(=O)COc1cc(C)ccc1C. The average Bonchev–Trinajstić information content (AvgIpc) is 2.88. The van der Waals surface area contributed by atoms with Crippen molar-refractivity contribution in [3.63, 3.8) is 0 Å². The van der Waals surface area contributed by atoms with Crippen molar-refractivity contribution >= 4 is 11.8 Å². The van der Waals surface area contributed by atoms with Gasteiger partial charge in [0.2, 0.25) is 5.91 Å². The Balaban J connectivity index is 1.89. The summed E-state index contributed by atoms with van der Waals surface area (Å²) in [6, 6.07) is 23.2. The van der Waals surface area contributed by atoms with Gasteiger partial charge in [-0.05, 0) is 55.5 Å². The molecular weight excluding hydrogens is 448 g/mol. The van der Waals surface area contributed by atoms with Crippen molar-refractivity contribution in [1.82, 2.24) is 10.2 Å². The molecule has 0 saturated heterocycles. The molecule has 0 fully saturated rings. The maximum Gasteiger partial charge on any atom is 0.261 e. The Labute approximate surface area is 215 Å². The molecule has 5 heteroatoms. The number of unbranched alkanes of at least 4 members (excludes halogenated alkanes) is 1. The van der Waals surface area contributed by atoms with Crippen molar-refractivity contribution in [2.75, 3.05) is 13.2 Å². The lowest BCUT2D eigenvalue weighted by molar-refractivity contribution is -0.142. The maximum atomic E-state index is 13.7. The van der Waals surface area contributed by atoms with Crippen molar-refractivity contribution in [2.24, 2.45) is 0 Å². The van der Waals surface area contributed by atoms with Crippen molar-refractivity contribution in [2.45, 2.75) is 59.5 Å². The highest BCUT2D eigenvalue weighted by molar-refractivity contribution is 5.88. The van der Waals surface area contributed by atoms with Crippen LogP contribution in [0, 0.1) is 20.8 Å². The van der Waals surface area contributed by atoms with E-state index in [0.717, 1.165) is 40.7 Å². The minimum Gasteiger partial charge on any atom is -0.483 e. The Morgan fingerprint density at radius 1 is 0.889 bits per heavy atom. The number of nitrogens with zero attached hydrogens (tertiary/aromatic N) is 1. The molecule has 3 rings (SSSR count). The Bertz CT molecular complexity index is 1130. The summed E-state index contributed by atoms with van der Waals surface area (Å²) in [7, 11) is 0. The predicted molar refractivity (Wildman–Crippen MR) is 145 cm³/mol. The number of hydrogen-bond acceptors (Lipinski definition) is 3. The molecule has 0 aliphatic carbocycles. The van der Waals surface area contributed by atoms with E-state index in [0.29, 0.717) is 25.3 Å². The fraction of sp³-hybridized carbons (Fsp3) is 0.355. The van der Waals surface area contributed by atoms with E-state index in [4.69, 9.17) is 4.74 Å². The summed E-state index contributed by atoms with van der Waals surface area (Å²) >= 11 is 0. The molecule has 3 aromatic carbocycles. The summed E-state index contributed by atoms with van der Waals surface area (Å²) in [5, 5.41) is 3.05. The molecule has 0 heterocycles. The Morgan fingerprint density at radius 2 is 1.58 bits per heavy atom. The Morgan fingerprint density at radius 3 is 2.28 bits per heavy atom. The number of nitrogens with one attached hydrogen (secondary N) is 1. The van der Waals surface area contributed by atoms with E-state index in [1.165, 1.54) is 0 Å². The van der Waals surface area contributed by atoms with Gasteiger partial charge in [-0.3, -0.25) is 9.59 Å². The number of carbonyl (C=O) groups is 2. The van der Waals surface area contributed by atoms with Crippen molar-refractivity contribution < 1.29 is 14.3 Å². The number of carbonyl (C=O) groups excluding carboxylic acids is 2. The van der Waals surface area contributed by atoms with Crippen LogP contribution in [0.5, 0.6) is 5.75 Å². The van der Waals surface area contributed by atoms with Gasteiger partial charge in [0, 0.05) is 19.5 Å². The lowest BCUT2D eigenvalue weighted by atomic mass is 10.0. The molecule has 1 atom stereocenters. The first-order valence-electron chi connectivity index (χ1n) is 12.7. The first-order valence-corrected chi connectivity index (χ1v) is 12.7. The van der Waals surface area contributed by atoms with Crippen LogP contribution < -0.4 is 10.1 Å². The number of ether oxygens (including phenoxy) is 1. The second-order valence-corrected chi connectivity index (χ2v) is 9.41. The van der Waals surface area contributed by atoms with E-state index in [-0.39, 0.29) is 18.4 Å². The summed E-state index contributed by atoms with van der Waals surface area (Å²) in [6.07, 6.45) is 2.31. The van der Waals surface area contributed by atoms with Gasteiger partial charge >= 0.3 is 0 Å². The van der Waals surface area contributed by atoms with Crippen LogP contribution in [0.2, 0.25) is 0 Å². The summed E-state index contributed by atoms with van der Waals surface area (Å²) in [5.74, 6) is 0.327. The van der Waals surface area contributed by atoms with Gasteiger partial charge in [-0.1, -0.05) is 85.6 Å². The summed E-state index contributed by atoms with van der Waals surface area (Å²) < 4.78 is 5.97. The quantitative estimate of drug-likeness (QED) is 0.342. The molecule has 0 radical (unpaired) electrons. The monoisotopic (exact) mass is 486 g/mol. The predicted octanol–water partition coefficient (Wildman–Crippen LogP) is 5.55. The highest BCUT2D eigenvalue weighted by Crippen LogP contribution is 2.20. The Kier molecular flexibility index (Phi) is 10.1. The standard InChI is InChI=1S/C31H38N2O3/c1-5-6-18-32-31(35)28(20-26-10-8-7-9-11-26)33(21-27-16-13-23(2)14-17-27)30(34)22-36-29-19-24(3)12-15-25(29)4/h7-17,19,28H,5-6,18,20-22H2,1-4H3,(H,32,35)/t28-/m1/s1. The fourth-order valence-corrected chi connectivity index (χ4v) is 4.04. The molecular formula is C31H38N2O3. The van der Waals surface area contributed by atoms with Crippen LogP contribution in [0.3, 0.4) is 0 Å². The maximum absolute atomic E-state index is 13.7. The van der Waals surface area contributed by atoms with Crippen LogP contribution in [0.15, 0.2) is 72.8 Å². The van der Waals surface area contributed by atoms with Crippen LogP contribution in [0.4, 0.5) is 0 Å². The van der Waals surface area contributed by atoms with Gasteiger partial charge in [-0.15, -0.1) is 0 Å². The molecule has 0 aliphatic heterocycles. The van der Waals surface area contributed by atoms with Crippen molar-refractivity contribution in [3.05, 3.63) is 101 Å². The molecule has 0 spiro atoms. The molecule has 0 saturated carbocycles. The van der Waals surface area contributed by atoms with Crippen LogP contribution in [-0.4, -0.2) is 35.9 Å². The van der Waals surface area contributed by atoms with Gasteiger partial charge in [-0.25, -0.2) is 0 Å². The van der Waals surface area contributed by atoms with Crippen LogP contribution in [0.25, 0.3) is 0 Å². The summed E-state index contributed by atoms with van der Waals surface area (Å²) in [4.78, 5) is 28.8. The first kappa shape index (κ1) is 27.0. The van der Waals surface area contributed by atoms with E-state index in [1.807, 2.05) is 93.6 Å². The second kappa shape index (κ2) is 13.5. The zero-order valence-electron chi connectivity index (χ0n) is 21.9. The van der Waals surface area contributed by atoms with Crippen molar-refractivity contribution in [3.8, 4) is 5.75 Å². The lowest BCUT2D eigenvalue weighted by Crippen LogP contribution is -2.51. The molecule has 2 amide bonds. The largest absolute Gasteiger partial charge is 0.483 e. The zero-order valence-corrected chi connectivity index (χ0v) is 21.9. The molecule has 190 valence electrons. The fourth-order valence-electron chi connectivity index (χ4n) is 4.04. The van der Waals surface area contributed by atoms with Crippen LogP contribution >= 0.6 is 0 Å². The molecule has 1 N–H and O–H groups in total. The molecule has 36 heavy (non-hydrogen) atoms. The minimum atomic E-state index is -0.653. The van der Waals surface area contributed by atoms with E-state index in [2.05, 4.69) is 12.2 Å². The van der Waals surface area contributed by atoms with E-state index in [1.54, 1.807) is 4.90 Å². The number of amides is 2. The van der Waals surface area contributed by atoms with Gasteiger partial charge in [0.05, 0.1) is 0 Å². The first-order chi connectivity index (χ1) is 17.4. The lowest BCUT2D eigenvalue weighted by Gasteiger charge is -2.31. The normalized spacial score (nSPS) is 11.6. The molecule has 5 nitrogen and oxygen atoms in total. The van der Waals surface area contributed by atoms with Gasteiger partial charge in [0.25, 0.3) is 5.91 Å². The van der Waals surface area contributed by atoms with Gasteiger partial charge in [0.1, 0.15) is 11.8 Å². The molecule has 0 bridgehead atoms. The van der Waals surface area contributed by atoms with Crippen LogP contribution in [-0.2, 0) is 22.6 Å². The summed E-state index contributed by atoms with van der Waals surface area (Å²) in [6.45, 7) is 8.86. The molecule has 0 aromatic heterocycles. The van der Waals surface area contributed by atoms with Gasteiger partial charge < -0.3 is 15.0 Å². The smallest absolute Gasteiger partial charge is 0.261 e. The number of rotatable bonds is 12. The van der Waals surface area contributed by atoms with E-state index in [9.17, 15) is 9.59 Å². The Hall–Kier alpha value is -3.60. The third-order valence-electron chi connectivity index (χ3n) is 6.27. The summed E-state index contributed by atoms with van der Waals surface area (Å²) in [5.41, 5.74) is 5.16. The second-order valence-electron chi connectivity index (χ2n) is 9.41. The minimum absolute atomic E-state index is 0.135. The van der Waals surface area contributed by atoms with E-state index >= 15 is 0 Å². The van der Waals surface area contributed by atoms with Gasteiger partial charge in [-0.2, -0.15) is 0 Å². The highest BCUT2D eigenvalue weighted by Gasteiger charge is 2.30. The number of hydrogen-bond donors (Lipinski definition) is 1. The third kappa shape index (κ3) is 7.98. The van der Waals surface area contributed by atoms with Crippen molar-refractivity contribution in [1.29, 1.82) is 0 Å². The number of benzene rings is 3. The highest BCUT2D eigenvalue weighted by atomic mass is 16.5. The third-order valence-corrected chi connectivity index (χ3v) is 6.27. The molecule has 0 aliphatic rings. The average molecular weight is 487 g/mol.